The molecule has 0 saturated carbocycles. The molecule has 0 radical (unpaired) electrons. The Morgan fingerprint density at radius 2 is 1.86 bits per heavy atom. The van der Waals surface area contributed by atoms with Crippen molar-refractivity contribution in [1.29, 1.82) is 0 Å². The molecule has 0 aromatic carbocycles. The van der Waals surface area contributed by atoms with Crippen molar-refractivity contribution in [3.8, 4) is 0 Å². The summed E-state index contributed by atoms with van der Waals surface area (Å²) in [4.78, 5) is 31.5. The van der Waals surface area contributed by atoms with Gasteiger partial charge in [0, 0.05) is 38.8 Å². The maximum atomic E-state index is 12.3. The number of hydrogen-bond donors (Lipinski definition) is 1. The third-order valence-corrected chi connectivity index (χ3v) is 3.87. The van der Waals surface area contributed by atoms with Crippen LogP contribution in [-0.4, -0.2) is 53.0 Å². The lowest BCUT2D eigenvalue weighted by atomic mass is 9.85. The number of rotatable bonds is 5. The maximum absolute atomic E-state index is 12.3. The molecule has 1 aromatic heterocycles. The molecule has 0 atom stereocenters. The van der Waals surface area contributed by atoms with Crippen LogP contribution < -0.4 is 4.90 Å². The van der Waals surface area contributed by atoms with Crippen LogP contribution >= 0.6 is 0 Å². The van der Waals surface area contributed by atoms with Crippen LogP contribution in [0.4, 0.5) is 5.82 Å². The number of hydrogen-bond acceptors (Lipinski definition) is 4. The Labute approximate surface area is 130 Å². The van der Waals surface area contributed by atoms with Crippen molar-refractivity contribution < 1.29 is 14.7 Å². The summed E-state index contributed by atoms with van der Waals surface area (Å²) >= 11 is 0. The van der Waals surface area contributed by atoms with Crippen LogP contribution in [0.15, 0.2) is 24.4 Å². The molecule has 6 heteroatoms. The predicted octanol–water partition coefficient (Wildman–Crippen LogP) is 1.62. The van der Waals surface area contributed by atoms with Crippen LogP contribution in [0.1, 0.15) is 26.7 Å². The van der Waals surface area contributed by atoms with Gasteiger partial charge in [0.05, 0.1) is 6.42 Å². The van der Waals surface area contributed by atoms with Crippen molar-refractivity contribution >= 4 is 17.7 Å². The average molecular weight is 305 g/mol. The van der Waals surface area contributed by atoms with E-state index in [0.29, 0.717) is 13.1 Å². The number of nitrogens with zero attached hydrogens (tertiary/aromatic N) is 3. The summed E-state index contributed by atoms with van der Waals surface area (Å²) in [5.41, 5.74) is -0.513. The zero-order valence-corrected chi connectivity index (χ0v) is 13.2. The van der Waals surface area contributed by atoms with Gasteiger partial charge in [-0.05, 0) is 17.5 Å². The van der Waals surface area contributed by atoms with Gasteiger partial charge in [0.1, 0.15) is 5.82 Å². The van der Waals surface area contributed by atoms with E-state index < -0.39 is 11.4 Å². The molecule has 1 amide bonds. The molecule has 2 heterocycles. The zero-order valence-electron chi connectivity index (χ0n) is 13.2. The second kappa shape index (κ2) is 6.77. The number of aromatic nitrogens is 1. The number of amides is 1. The molecule has 0 unspecified atom stereocenters. The molecule has 1 aliphatic heterocycles. The summed E-state index contributed by atoms with van der Waals surface area (Å²) in [5, 5.41) is 8.89. The number of anilines is 1. The van der Waals surface area contributed by atoms with E-state index >= 15 is 0 Å². The Morgan fingerprint density at radius 1 is 1.18 bits per heavy atom. The van der Waals surface area contributed by atoms with E-state index in [9.17, 15) is 9.59 Å². The van der Waals surface area contributed by atoms with Crippen molar-refractivity contribution in [2.75, 3.05) is 31.1 Å². The van der Waals surface area contributed by atoms with Crippen LogP contribution in [0.3, 0.4) is 0 Å². The van der Waals surface area contributed by atoms with Crippen molar-refractivity contribution in [2.24, 2.45) is 5.41 Å². The Hall–Kier alpha value is -2.11. The standard InChI is InChI=1S/C16H23N3O3/c1-16(2,12-15(21)22)11-14(20)19-9-7-18(8-10-19)13-5-3-4-6-17-13/h3-6H,7-12H2,1-2H3,(H,21,22). The van der Waals surface area contributed by atoms with Crippen LogP contribution in [-0.2, 0) is 9.59 Å². The van der Waals surface area contributed by atoms with Crippen molar-refractivity contribution in [3.63, 3.8) is 0 Å². The Balaban J connectivity index is 1.86. The smallest absolute Gasteiger partial charge is 0.303 e. The highest BCUT2D eigenvalue weighted by molar-refractivity contribution is 5.78. The molecule has 1 N–H and O–H groups in total. The highest BCUT2D eigenvalue weighted by Crippen LogP contribution is 2.26. The minimum atomic E-state index is -0.863. The summed E-state index contributed by atoms with van der Waals surface area (Å²) in [7, 11) is 0. The van der Waals surface area contributed by atoms with E-state index in [1.54, 1.807) is 6.20 Å². The number of carboxylic acid groups (broad SMARTS) is 1. The molecule has 2 rings (SSSR count). The fourth-order valence-corrected chi connectivity index (χ4v) is 2.72. The van der Waals surface area contributed by atoms with Gasteiger partial charge in [0.15, 0.2) is 0 Å². The lowest BCUT2D eigenvalue weighted by Crippen LogP contribution is -2.49. The molecule has 1 fully saturated rings. The van der Waals surface area contributed by atoms with Crippen LogP contribution in [0.5, 0.6) is 0 Å². The highest BCUT2D eigenvalue weighted by atomic mass is 16.4. The van der Waals surface area contributed by atoms with Gasteiger partial charge in [-0.15, -0.1) is 0 Å². The van der Waals surface area contributed by atoms with E-state index in [-0.39, 0.29) is 18.7 Å². The van der Waals surface area contributed by atoms with Gasteiger partial charge in [-0.1, -0.05) is 19.9 Å². The largest absolute Gasteiger partial charge is 0.481 e. The third-order valence-electron chi connectivity index (χ3n) is 3.87. The predicted molar refractivity (Wildman–Crippen MR) is 83.7 cm³/mol. The first-order chi connectivity index (χ1) is 10.4. The summed E-state index contributed by atoms with van der Waals surface area (Å²) in [6.45, 7) is 6.45. The van der Waals surface area contributed by atoms with Crippen molar-refractivity contribution in [3.05, 3.63) is 24.4 Å². The van der Waals surface area contributed by atoms with Gasteiger partial charge < -0.3 is 14.9 Å². The van der Waals surface area contributed by atoms with Gasteiger partial charge in [-0.25, -0.2) is 4.98 Å². The van der Waals surface area contributed by atoms with Gasteiger partial charge >= 0.3 is 5.97 Å². The molecule has 120 valence electrons. The van der Waals surface area contributed by atoms with Crippen molar-refractivity contribution in [2.45, 2.75) is 26.7 Å². The maximum Gasteiger partial charge on any atom is 0.303 e. The molecule has 0 spiro atoms. The first-order valence-electron chi connectivity index (χ1n) is 7.53. The van der Waals surface area contributed by atoms with Gasteiger partial charge in [0.2, 0.25) is 5.91 Å². The molecular weight excluding hydrogens is 282 g/mol. The lowest BCUT2D eigenvalue weighted by Gasteiger charge is -2.36. The zero-order chi connectivity index (χ0) is 16.2. The van der Waals surface area contributed by atoms with Crippen LogP contribution in [0.2, 0.25) is 0 Å². The Kier molecular flexibility index (Phi) is 5.00. The second-order valence-electron chi connectivity index (χ2n) is 6.47. The molecule has 0 aliphatic carbocycles. The molecule has 1 saturated heterocycles. The molecule has 22 heavy (non-hydrogen) atoms. The molecule has 1 aliphatic rings. The monoisotopic (exact) mass is 305 g/mol. The summed E-state index contributed by atoms with van der Waals surface area (Å²) < 4.78 is 0. The lowest BCUT2D eigenvalue weighted by molar-refractivity contribution is -0.140. The fourth-order valence-electron chi connectivity index (χ4n) is 2.72. The van der Waals surface area contributed by atoms with Gasteiger partial charge in [-0.3, -0.25) is 9.59 Å². The van der Waals surface area contributed by atoms with E-state index in [2.05, 4.69) is 9.88 Å². The topological polar surface area (TPSA) is 73.7 Å². The summed E-state index contributed by atoms with van der Waals surface area (Å²) in [6.07, 6.45) is 2.04. The van der Waals surface area contributed by atoms with Gasteiger partial charge in [-0.2, -0.15) is 0 Å². The van der Waals surface area contributed by atoms with Crippen LogP contribution in [0, 0.1) is 5.41 Å². The van der Waals surface area contributed by atoms with Gasteiger partial charge in [0.25, 0.3) is 0 Å². The minimum absolute atomic E-state index is 0.00659. The van der Waals surface area contributed by atoms with Crippen molar-refractivity contribution in [1.82, 2.24) is 9.88 Å². The number of carbonyl (C=O) groups is 2. The molecular formula is C16H23N3O3. The SMILES string of the molecule is CC(C)(CC(=O)O)CC(=O)N1CCN(c2ccccn2)CC1. The number of pyridine rings is 1. The third kappa shape index (κ3) is 4.44. The normalized spacial score (nSPS) is 15.7. The number of carbonyl (C=O) groups excluding carboxylic acids is 1. The number of piperazine rings is 1. The summed E-state index contributed by atoms with van der Waals surface area (Å²) in [6, 6.07) is 5.80. The highest BCUT2D eigenvalue weighted by Gasteiger charge is 2.29. The minimum Gasteiger partial charge on any atom is -0.481 e. The second-order valence-corrected chi connectivity index (χ2v) is 6.47. The first kappa shape index (κ1) is 16.3. The Bertz CT molecular complexity index is 523. The van der Waals surface area contributed by atoms with E-state index in [1.807, 2.05) is 36.9 Å². The van der Waals surface area contributed by atoms with E-state index in [1.165, 1.54) is 0 Å². The molecule has 1 aromatic rings. The molecule has 6 nitrogen and oxygen atoms in total. The van der Waals surface area contributed by atoms with E-state index in [4.69, 9.17) is 5.11 Å². The average Bonchev–Trinajstić information content (AvgIpc) is 2.46. The fraction of sp³-hybridized carbons (Fsp3) is 0.562. The molecule has 0 bridgehead atoms. The van der Waals surface area contributed by atoms with E-state index in [0.717, 1.165) is 18.9 Å². The first-order valence-corrected chi connectivity index (χ1v) is 7.53. The van der Waals surface area contributed by atoms with Crippen LogP contribution in [0.25, 0.3) is 0 Å². The Morgan fingerprint density at radius 3 is 2.41 bits per heavy atom. The number of aliphatic carboxylic acids is 1. The quantitative estimate of drug-likeness (QED) is 0.895. The number of carboxylic acids is 1. The summed E-state index contributed by atoms with van der Waals surface area (Å²) in [5.74, 6) is 0.102.